The predicted molar refractivity (Wildman–Crippen MR) is 109 cm³/mol. The van der Waals surface area contributed by atoms with Crippen LogP contribution >= 0.6 is 0 Å². The average Bonchev–Trinajstić information content (AvgIpc) is 3.17. The maximum atomic E-state index is 12.9. The van der Waals surface area contributed by atoms with E-state index in [0.29, 0.717) is 31.6 Å². The Morgan fingerprint density at radius 1 is 1.17 bits per heavy atom. The molecule has 1 aromatic carbocycles. The van der Waals surface area contributed by atoms with Crippen molar-refractivity contribution >= 4 is 17.6 Å². The number of hydrogen-bond acceptors (Lipinski definition) is 4. The van der Waals surface area contributed by atoms with Crippen molar-refractivity contribution < 1.29 is 14.7 Å². The van der Waals surface area contributed by atoms with Gasteiger partial charge >= 0.3 is 5.97 Å². The van der Waals surface area contributed by atoms with Crippen LogP contribution in [0.25, 0.3) is 0 Å². The molecule has 0 bridgehead atoms. The normalized spacial score (nSPS) is 18.6. The highest BCUT2D eigenvalue weighted by Crippen LogP contribution is 2.26. The molecule has 2 aliphatic rings. The van der Waals surface area contributed by atoms with Crippen LogP contribution in [0.4, 0.5) is 5.69 Å². The van der Waals surface area contributed by atoms with Gasteiger partial charge in [0.15, 0.2) is 0 Å². The molecular formula is C22H25N3O4. The quantitative estimate of drug-likeness (QED) is 0.856. The fourth-order valence-electron chi connectivity index (χ4n) is 4.47. The van der Waals surface area contributed by atoms with Crippen molar-refractivity contribution in [3.8, 4) is 0 Å². The summed E-state index contributed by atoms with van der Waals surface area (Å²) in [7, 11) is 0. The molecule has 152 valence electrons. The Labute approximate surface area is 169 Å². The lowest BCUT2D eigenvalue weighted by Gasteiger charge is -2.29. The summed E-state index contributed by atoms with van der Waals surface area (Å²) in [4.78, 5) is 40.5. The number of pyridine rings is 1. The van der Waals surface area contributed by atoms with Gasteiger partial charge in [-0.15, -0.1) is 0 Å². The fraction of sp³-hybridized carbons (Fsp3) is 0.409. The summed E-state index contributed by atoms with van der Waals surface area (Å²) in [6, 6.07) is 10.2. The number of carbonyl (C=O) groups excluding carboxylic acids is 1. The second-order valence-corrected chi connectivity index (χ2v) is 7.90. The van der Waals surface area contributed by atoms with Crippen LogP contribution in [-0.4, -0.2) is 46.1 Å². The zero-order chi connectivity index (χ0) is 20.5. The molecule has 7 nitrogen and oxygen atoms in total. The maximum absolute atomic E-state index is 12.9. The predicted octanol–water partition coefficient (Wildman–Crippen LogP) is 1.98. The highest BCUT2D eigenvalue weighted by Gasteiger charge is 2.29. The van der Waals surface area contributed by atoms with E-state index in [-0.39, 0.29) is 17.4 Å². The van der Waals surface area contributed by atoms with Gasteiger partial charge < -0.3 is 19.5 Å². The number of hydrogen-bond donors (Lipinski definition) is 1. The van der Waals surface area contributed by atoms with E-state index in [2.05, 4.69) is 17.0 Å². The lowest BCUT2D eigenvalue weighted by molar-refractivity contribution is -0.129. The van der Waals surface area contributed by atoms with Crippen LogP contribution < -0.4 is 10.5 Å². The Morgan fingerprint density at radius 3 is 2.62 bits per heavy atom. The number of fused-ring (bicyclic) bond motifs is 1. The fourth-order valence-corrected chi connectivity index (χ4v) is 4.47. The summed E-state index contributed by atoms with van der Waals surface area (Å²) in [5.74, 6) is -0.964. The standard InChI is InChI=1S/C22H25N3O4/c1-15(26)23-10-8-19-17(13-23)14-25(21(27)20(19)22(28)29)12-16-7-9-24(11-16)18-5-3-2-4-6-18/h2-6,14,16H,7-13H2,1H3,(H,28,29). The van der Waals surface area contributed by atoms with Gasteiger partial charge in [-0.25, -0.2) is 4.79 Å². The molecule has 0 aliphatic carbocycles. The zero-order valence-electron chi connectivity index (χ0n) is 16.5. The molecule has 0 saturated carbocycles. The summed E-state index contributed by atoms with van der Waals surface area (Å²) >= 11 is 0. The summed E-state index contributed by atoms with van der Waals surface area (Å²) in [6.07, 6.45) is 3.11. The molecule has 2 aromatic rings. The summed E-state index contributed by atoms with van der Waals surface area (Å²) in [5.41, 5.74) is 1.93. The highest BCUT2D eigenvalue weighted by atomic mass is 16.4. The van der Waals surface area contributed by atoms with E-state index in [1.807, 2.05) is 18.2 Å². The first kappa shape index (κ1) is 19.2. The van der Waals surface area contributed by atoms with Gasteiger partial charge in [-0.2, -0.15) is 0 Å². The van der Waals surface area contributed by atoms with Gasteiger partial charge in [0, 0.05) is 51.5 Å². The minimum atomic E-state index is -1.19. The summed E-state index contributed by atoms with van der Waals surface area (Å²) < 4.78 is 1.55. The Kier molecular flexibility index (Phi) is 5.13. The molecule has 0 radical (unpaired) electrons. The average molecular weight is 395 g/mol. The molecule has 3 heterocycles. The Bertz CT molecular complexity index is 999. The van der Waals surface area contributed by atoms with E-state index in [1.165, 1.54) is 6.92 Å². The number of amides is 1. The largest absolute Gasteiger partial charge is 0.477 e. The van der Waals surface area contributed by atoms with Crippen molar-refractivity contribution in [2.75, 3.05) is 24.5 Å². The molecule has 4 rings (SSSR count). The molecule has 1 unspecified atom stereocenters. The SMILES string of the molecule is CC(=O)N1CCc2c(cn(CC3CCN(c4ccccc4)C3)c(=O)c2C(=O)O)C1. The second kappa shape index (κ2) is 7.73. The maximum Gasteiger partial charge on any atom is 0.341 e. The van der Waals surface area contributed by atoms with E-state index in [1.54, 1.807) is 15.7 Å². The van der Waals surface area contributed by atoms with Crippen molar-refractivity contribution in [1.82, 2.24) is 9.47 Å². The van der Waals surface area contributed by atoms with Crippen LogP contribution in [0.1, 0.15) is 34.8 Å². The third-order valence-corrected chi connectivity index (χ3v) is 5.99. The number of nitrogens with zero attached hydrogens (tertiary/aromatic N) is 3. The highest BCUT2D eigenvalue weighted by molar-refractivity contribution is 5.89. The van der Waals surface area contributed by atoms with Gasteiger partial charge in [0.05, 0.1) is 0 Å². The molecule has 1 saturated heterocycles. The van der Waals surface area contributed by atoms with Gasteiger partial charge in [-0.1, -0.05) is 18.2 Å². The Balaban J connectivity index is 1.60. The van der Waals surface area contributed by atoms with Crippen LogP contribution in [0.2, 0.25) is 0 Å². The number of para-hydroxylation sites is 1. The number of aromatic carboxylic acids is 1. The summed E-state index contributed by atoms with van der Waals surface area (Å²) in [6.45, 7) is 4.53. The third-order valence-electron chi connectivity index (χ3n) is 5.99. The first-order chi connectivity index (χ1) is 13.9. The molecule has 2 aliphatic heterocycles. The number of rotatable bonds is 4. The lowest BCUT2D eigenvalue weighted by Crippen LogP contribution is -2.39. The minimum Gasteiger partial charge on any atom is -0.477 e. The van der Waals surface area contributed by atoms with Crippen LogP contribution in [0.15, 0.2) is 41.3 Å². The van der Waals surface area contributed by atoms with Gasteiger partial charge in [0.2, 0.25) is 5.91 Å². The van der Waals surface area contributed by atoms with E-state index >= 15 is 0 Å². The number of carboxylic acid groups (broad SMARTS) is 1. The molecule has 7 heteroatoms. The van der Waals surface area contributed by atoms with E-state index < -0.39 is 11.5 Å². The van der Waals surface area contributed by atoms with Crippen molar-refractivity contribution in [1.29, 1.82) is 0 Å². The molecule has 1 amide bonds. The molecule has 1 aromatic heterocycles. The van der Waals surface area contributed by atoms with Crippen molar-refractivity contribution in [3.63, 3.8) is 0 Å². The molecule has 0 spiro atoms. The van der Waals surface area contributed by atoms with E-state index in [0.717, 1.165) is 30.8 Å². The monoisotopic (exact) mass is 395 g/mol. The third kappa shape index (κ3) is 3.77. The molecule has 1 fully saturated rings. The topological polar surface area (TPSA) is 82.9 Å². The van der Waals surface area contributed by atoms with Crippen LogP contribution in [0, 0.1) is 5.92 Å². The second-order valence-electron chi connectivity index (χ2n) is 7.90. The van der Waals surface area contributed by atoms with E-state index in [4.69, 9.17) is 0 Å². The smallest absolute Gasteiger partial charge is 0.341 e. The molecular weight excluding hydrogens is 370 g/mol. The van der Waals surface area contributed by atoms with Gasteiger partial charge in [0.1, 0.15) is 5.56 Å². The Hall–Kier alpha value is -3.09. The van der Waals surface area contributed by atoms with Crippen molar-refractivity contribution in [3.05, 3.63) is 63.6 Å². The zero-order valence-corrected chi connectivity index (χ0v) is 16.5. The first-order valence-electron chi connectivity index (χ1n) is 9.98. The van der Waals surface area contributed by atoms with Gasteiger partial charge in [-0.05, 0) is 42.0 Å². The number of carbonyl (C=O) groups is 2. The van der Waals surface area contributed by atoms with Crippen LogP contribution in [0.3, 0.4) is 0 Å². The van der Waals surface area contributed by atoms with Crippen molar-refractivity contribution in [2.45, 2.75) is 32.9 Å². The van der Waals surface area contributed by atoms with Gasteiger partial charge in [-0.3, -0.25) is 9.59 Å². The molecule has 1 atom stereocenters. The molecule has 29 heavy (non-hydrogen) atoms. The van der Waals surface area contributed by atoms with Crippen molar-refractivity contribution in [2.24, 2.45) is 5.92 Å². The van der Waals surface area contributed by atoms with Crippen LogP contribution in [-0.2, 0) is 24.3 Å². The lowest BCUT2D eigenvalue weighted by atomic mass is 9.96. The molecule has 1 N–H and O–H groups in total. The number of carboxylic acids is 1. The number of aromatic nitrogens is 1. The number of benzene rings is 1. The Morgan fingerprint density at radius 2 is 1.93 bits per heavy atom. The first-order valence-corrected chi connectivity index (χ1v) is 9.98. The summed E-state index contributed by atoms with van der Waals surface area (Å²) in [5, 5.41) is 9.67. The minimum absolute atomic E-state index is 0.0421. The van der Waals surface area contributed by atoms with Crippen LogP contribution in [0.5, 0.6) is 0 Å². The number of anilines is 1. The van der Waals surface area contributed by atoms with Gasteiger partial charge in [0.25, 0.3) is 5.56 Å². The van der Waals surface area contributed by atoms with E-state index in [9.17, 15) is 19.5 Å².